The van der Waals surface area contributed by atoms with Crippen LogP contribution >= 0.6 is 0 Å². The predicted octanol–water partition coefficient (Wildman–Crippen LogP) is 1.86. The monoisotopic (exact) mass is 267 g/mol. The number of nitriles is 1. The summed E-state index contributed by atoms with van der Waals surface area (Å²) in [6.45, 7) is 3.16. The van der Waals surface area contributed by atoms with E-state index in [1.54, 1.807) is 31.2 Å². The minimum absolute atomic E-state index is 0.141. The number of carbonyl (C=O) groups excluding carboxylic acids is 1. The first-order valence-electron chi connectivity index (χ1n) is 5.93. The summed E-state index contributed by atoms with van der Waals surface area (Å²) in [6, 6.07) is 9.04. The summed E-state index contributed by atoms with van der Waals surface area (Å²) in [7, 11) is 0. The number of carbonyl (C=O) groups is 1. The summed E-state index contributed by atoms with van der Waals surface area (Å²) in [5.74, 6) is 0.529. The highest BCUT2D eigenvalue weighted by atomic mass is 16.1. The molecule has 1 amide bonds. The van der Waals surface area contributed by atoms with Crippen LogP contribution in [-0.4, -0.2) is 15.9 Å². The maximum atomic E-state index is 11.0. The minimum Gasteiger partial charge on any atom is -0.382 e. The zero-order chi connectivity index (χ0) is 14.7. The van der Waals surface area contributed by atoms with Gasteiger partial charge in [0.15, 0.2) is 0 Å². The molecule has 1 heterocycles. The van der Waals surface area contributed by atoms with Gasteiger partial charge in [0.05, 0.1) is 5.69 Å². The van der Waals surface area contributed by atoms with Crippen LogP contribution in [0.1, 0.15) is 18.3 Å². The van der Waals surface area contributed by atoms with Gasteiger partial charge in [-0.05, 0) is 19.1 Å². The molecule has 3 N–H and O–H groups in total. The lowest BCUT2D eigenvalue weighted by molar-refractivity contribution is -0.114. The fourth-order valence-corrected chi connectivity index (χ4v) is 1.83. The Bertz CT molecular complexity index is 701. The van der Waals surface area contributed by atoms with E-state index in [2.05, 4.69) is 15.3 Å². The average molecular weight is 267 g/mol. The highest BCUT2D eigenvalue weighted by Crippen LogP contribution is 2.25. The van der Waals surface area contributed by atoms with Crippen molar-refractivity contribution in [3.8, 4) is 17.3 Å². The van der Waals surface area contributed by atoms with Gasteiger partial charge in [0.25, 0.3) is 0 Å². The van der Waals surface area contributed by atoms with Crippen molar-refractivity contribution in [1.29, 1.82) is 5.26 Å². The first kappa shape index (κ1) is 13.5. The van der Waals surface area contributed by atoms with Crippen LogP contribution in [0.15, 0.2) is 24.3 Å². The molecule has 20 heavy (non-hydrogen) atoms. The molecule has 0 unspecified atom stereocenters. The van der Waals surface area contributed by atoms with E-state index >= 15 is 0 Å². The molecule has 0 fully saturated rings. The van der Waals surface area contributed by atoms with Crippen molar-refractivity contribution in [2.24, 2.45) is 0 Å². The van der Waals surface area contributed by atoms with E-state index in [9.17, 15) is 4.79 Å². The molecule has 0 aliphatic carbocycles. The molecule has 2 aromatic rings. The van der Waals surface area contributed by atoms with Gasteiger partial charge in [0, 0.05) is 18.2 Å². The number of nitrogens with one attached hydrogen (secondary N) is 1. The van der Waals surface area contributed by atoms with E-state index in [0.29, 0.717) is 17.2 Å². The highest BCUT2D eigenvalue weighted by Gasteiger charge is 2.12. The molecule has 0 radical (unpaired) electrons. The van der Waals surface area contributed by atoms with Crippen molar-refractivity contribution in [3.05, 3.63) is 35.7 Å². The molecule has 6 nitrogen and oxygen atoms in total. The van der Waals surface area contributed by atoms with Crippen LogP contribution in [0.4, 0.5) is 11.5 Å². The third kappa shape index (κ3) is 2.72. The number of amides is 1. The topological polar surface area (TPSA) is 105 Å². The molecule has 1 aromatic carbocycles. The molecule has 2 rings (SSSR count). The van der Waals surface area contributed by atoms with Crippen LogP contribution in [0.2, 0.25) is 0 Å². The molecule has 0 bridgehead atoms. The quantitative estimate of drug-likeness (QED) is 0.864. The van der Waals surface area contributed by atoms with Gasteiger partial charge in [-0.2, -0.15) is 5.26 Å². The number of aryl methyl sites for hydroxylation is 1. The summed E-state index contributed by atoms with van der Waals surface area (Å²) in [4.78, 5) is 19.2. The third-order valence-corrected chi connectivity index (χ3v) is 2.64. The molecule has 0 spiro atoms. The van der Waals surface area contributed by atoms with Crippen LogP contribution in [0, 0.1) is 18.3 Å². The Hall–Kier alpha value is -2.94. The number of nitrogens with two attached hydrogens (primary N) is 1. The van der Waals surface area contributed by atoms with E-state index in [4.69, 9.17) is 11.0 Å². The lowest BCUT2D eigenvalue weighted by Crippen LogP contribution is -2.05. The Kier molecular flexibility index (Phi) is 3.62. The van der Waals surface area contributed by atoms with Crippen LogP contribution in [0.25, 0.3) is 11.3 Å². The fraction of sp³-hybridized carbons (Fsp3) is 0.143. The van der Waals surface area contributed by atoms with E-state index in [-0.39, 0.29) is 17.3 Å². The van der Waals surface area contributed by atoms with Crippen molar-refractivity contribution in [2.75, 3.05) is 11.1 Å². The van der Waals surface area contributed by atoms with Gasteiger partial charge < -0.3 is 11.1 Å². The smallest absolute Gasteiger partial charge is 0.221 e. The number of hydrogen-bond donors (Lipinski definition) is 2. The lowest BCUT2D eigenvalue weighted by atomic mass is 10.1. The van der Waals surface area contributed by atoms with Gasteiger partial charge in [0.2, 0.25) is 5.91 Å². The summed E-state index contributed by atoms with van der Waals surface area (Å²) in [5, 5.41) is 11.8. The molecular formula is C14H13N5O. The highest BCUT2D eigenvalue weighted by molar-refractivity contribution is 5.89. The van der Waals surface area contributed by atoms with Crippen molar-refractivity contribution in [1.82, 2.24) is 9.97 Å². The Morgan fingerprint density at radius 1 is 1.30 bits per heavy atom. The molecule has 6 heteroatoms. The van der Waals surface area contributed by atoms with Gasteiger partial charge in [-0.3, -0.25) is 4.79 Å². The van der Waals surface area contributed by atoms with Gasteiger partial charge in [0.1, 0.15) is 23.3 Å². The number of rotatable bonds is 2. The molecule has 0 aliphatic rings. The number of hydrogen-bond acceptors (Lipinski definition) is 5. The first-order valence-corrected chi connectivity index (χ1v) is 5.93. The maximum absolute atomic E-state index is 11.0. The van der Waals surface area contributed by atoms with Crippen LogP contribution in [0.5, 0.6) is 0 Å². The second kappa shape index (κ2) is 5.36. The number of anilines is 2. The van der Waals surface area contributed by atoms with Crippen LogP contribution in [-0.2, 0) is 4.79 Å². The number of nitrogens with zero attached hydrogens (tertiary/aromatic N) is 3. The van der Waals surface area contributed by atoms with Crippen LogP contribution < -0.4 is 11.1 Å². The summed E-state index contributed by atoms with van der Waals surface area (Å²) >= 11 is 0. The van der Waals surface area contributed by atoms with Gasteiger partial charge in [-0.1, -0.05) is 12.1 Å². The molecule has 0 saturated carbocycles. The summed E-state index contributed by atoms with van der Waals surface area (Å²) in [6.07, 6.45) is 0. The number of benzene rings is 1. The van der Waals surface area contributed by atoms with E-state index < -0.39 is 0 Å². The molecule has 0 atom stereocenters. The Balaban J connectivity index is 2.47. The standard InChI is InChI=1S/C14H13N5O/c1-8-17-13(12(7-15)14(16)18-8)10-3-5-11(6-4-10)19-9(2)20/h3-6H,1-2H3,(H,19,20)(H2,16,17,18). The van der Waals surface area contributed by atoms with Crippen molar-refractivity contribution >= 4 is 17.4 Å². The van der Waals surface area contributed by atoms with E-state index in [1.807, 2.05) is 6.07 Å². The summed E-state index contributed by atoms with van der Waals surface area (Å²) < 4.78 is 0. The molecule has 0 saturated heterocycles. The minimum atomic E-state index is -0.141. The number of aromatic nitrogens is 2. The summed E-state index contributed by atoms with van der Waals surface area (Å²) in [5.41, 5.74) is 7.90. The average Bonchev–Trinajstić information content (AvgIpc) is 2.38. The second-order valence-corrected chi connectivity index (χ2v) is 4.25. The fourth-order valence-electron chi connectivity index (χ4n) is 1.83. The normalized spacial score (nSPS) is 9.85. The first-order chi connectivity index (χ1) is 9.51. The Morgan fingerprint density at radius 3 is 2.50 bits per heavy atom. The largest absolute Gasteiger partial charge is 0.382 e. The second-order valence-electron chi connectivity index (χ2n) is 4.25. The third-order valence-electron chi connectivity index (χ3n) is 2.64. The Morgan fingerprint density at radius 2 is 1.95 bits per heavy atom. The molecule has 1 aromatic heterocycles. The Labute approximate surface area is 116 Å². The molecular weight excluding hydrogens is 254 g/mol. The van der Waals surface area contributed by atoms with Gasteiger partial charge in [-0.25, -0.2) is 9.97 Å². The van der Waals surface area contributed by atoms with Crippen molar-refractivity contribution < 1.29 is 4.79 Å². The number of nitrogen functional groups attached to an aromatic ring is 1. The van der Waals surface area contributed by atoms with E-state index in [0.717, 1.165) is 5.56 Å². The van der Waals surface area contributed by atoms with Crippen molar-refractivity contribution in [2.45, 2.75) is 13.8 Å². The van der Waals surface area contributed by atoms with Crippen LogP contribution in [0.3, 0.4) is 0 Å². The molecule has 0 aliphatic heterocycles. The predicted molar refractivity (Wildman–Crippen MR) is 75.6 cm³/mol. The van der Waals surface area contributed by atoms with Crippen molar-refractivity contribution in [3.63, 3.8) is 0 Å². The van der Waals surface area contributed by atoms with Gasteiger partial charge in [-0.15, -0.1) is 0 Å². The molecule has 100 valence electrons. The lowest BCUT2D eigenvalue weighted by Gasteiger charge is -2.08. The zero-order valence-electron chi connectivity index (χ0n) is 11.1. The zero-order valence-corrected chi connectivity index (χ0v) is 11.1. The maximum Gasteiger partial charge on any atom is 0.221 e. The van der Waals surface area contributed by atoms with E-state index in [1.165, 1.54) is 6.92 Å². The SMILES string of the molecule is CC(=O)Nc1ccc(-c2nc(C)nc(N)c2C#N)cc1. The van der Waals surface area contributed by atoms with Gasteiger partial charge >= 0.3 is 0 Å².